The summed E-state index contributed by atoms with van der Waals surface area (Å²) in [5.74, 6) is 0.828. The second-order valence-electron chi connectivity index (χ2n) is 4.93. The van der Waals surface area contributed by atoms with Crippen molar-refractivity contribution >= 4 is 0 Å². The molecule has 0 aromatic carbocycles. The van der Waals surface area contributed by atoms with Crippen LogP contribution in [-0.4, -0.2) is 24.5 Å². The minimum absolute atomic E-state index is 0.828. The smallest absolute Gasteiger partial charge is 0.0160 e. The zero-order chi connectivity index (χ0) is 12.4. The molecule has 0 radical (unpaired) electrons. The summed E-state index contributed by atoms with van der Waals surface area (Å²) in [4.78, 5) is 2.45. The van der Waals surface area contributed by atoms with Gasteiger partial charge in [-0.2, -0.15) is 0 Å². The molecule has 0 aromatic heterocycles. The van der Waals surface area contributed by atoms with E-state index in [4.69, 9.17) is 0 Å². The molecule has 0 saturated carbocycles. The van der Waals surface area contributed by atoms with Gasteiger partial charge in [-0.25, -0.2) is 0 Å². The van der Waals surface area contributed by atoms with Crippen LogP contribution in [0.15, 0.2) is 24.3 Å². The summed E-state index contributed by atoms with van der Waals surface area (Å²) in [6, 6.07) is 0. The highest BCUT2D eigenvalue weighted by Gasteiger charge is 2.04. The zero-order valence-electron chi connectivity index (χ0n) is 11.6. The van der Waals surface area contributed by atoms with Crippen LogP contribution in [0.1, 0.15) is 47.0 Å². The van der Waals surface area contributed by atoms with Crippen LogP contribution in [0.5, 0.6) is 0 Å². The van der Waals surface area contributed by atoms with Crippen molar-refractivity contribution in [2.24, 2.45) is 5.92 Å². The van der Waals surface area contributed by atoms with Gasteiger partial charge in [0.25, 0.3) is 0 Å². The lowest BCUT2D eigenvalue weighted by molar-refractivity contribution is 0.288. The molecule has 0 aliphatic carbocycles. The minimum atomic E-state index is 0.828. The summed E-state index contributed by atoms with van der Waals surface area (Å²) in [7, 11) is 0. The first-order valence-corrected chi connectivity index (χ1v) is 6.56. The SMILES string of the molecule is C=CCN(CC)CCC(C)CCC=C(C)C. The monoisotopic (exact) mass is 223 g/mol. The van der Waals surface area contributed by atoms with Crippen LogP contribution in [0, 0.1) is 5.92 Å². The zero-order valence-corrected chi connectivity index (χ0v) is 11.6. The van der Waals surface area contributed by atoms with Crippen molar-refractivity contribution in [2.75, 3.05) is 19.6 Å². The van der Waals surface area contributed by atoms with Crippen LogP contribution in [0.2, 0.25) is 0 Å². The molecule has 0 aliphatic rings. The second-order valence-corrected chi connectivity index (χ2v) is 4.93. The molecule has 1 atom stereocenters. The Hall–Kier alpha value is -0.560. The Labute approximate surface area is 102 Å². The Morgan fingerprint density at radius 3 is 2.50 bits per heavy atom. The molecule has 16 heavy (non-hydrogen) atoms. The number of hydrogen-bond acceptors (Lipinski definition) is 1. The molecule has 0 N–H and O–H groups in total. The van der Waals surface area contributed by atoms with E-state index in [0.717, 1.165) is 19.0 Å². The van der Waals surface area contributed by atoms with Crippen molar-refractivity contribution in [1.29, 1.82) is 0 Å². The normalized spacial score (nSPS) is 12.6. The predicted molar refractivity (Wildman–Crippen MR) is 74.8 cm³/mol. The third-order valence-electron chi connectivity index (χ3n) is 2.98. The summed E-state index contributed by atoms with van der Waals surface area (Å²) in [5.41, 5.74) is 1.44. The number of nitrogens with zero attached hydrogens (tertiary/aromatic N) is 1. The van der Waals surface area contributed by atoms with Gasteiger partial charge in [0, 0.05) is 6.54 Å². The average Bonchev–Trinajstić information content (AvgIpc) is 2.23. The maximum absolute atomic E-state index is 3.80. The van der Waals surface area contributed by atoms with Crippen molar-refractivity contribution in [1.82, 2.24) is 4.90 Å². The van der Waals surface area contributed by atoms with E-state index in [1.807, 2.05) is 6.08 Å². The largest absolute Gasteiger partial charge is 0.300 e. The van der Waals surface area contributed by atoms with Crippen LogP contribution in [0.25, 0.3) is 0 Å². The number of rotatable bonds is 9. The highest BCUT2D eigenvalue weighted by atomic mass is 15.1. The molecular weight excluding hydrogens is 194 g/mol. The first-order chi connectivity index (χ1) is 7.60. The van der Waals surface area contributed by atoms with Crippen molar-refractivity contribution < 1.29 is 0 Å². The lowest BCUT2D eigenvalue weighted by atomic mass is 10.0. The molecule has 0 fully saturated rings. The third-order valence-corrected chi connectivity index (χ3v) is 2.98. The quantitative estimate of drug-likeness (QED) is 0.528. The topological polar surface area (TPSA) is 3.24 Å². The molecule has 0 rings (SSSR count). The molecule has 0 amide bonds. The standard InChI is InChI=1S/C15H29N/c1-6-12-16(7-2)13-11-15(5)10-8-9-14(3)4/h6,9,15H,1,7-8,10-13H2,2-5H3. The van der Waals surface area contributed by atoms with Gasteiger partial charge in [0.1, 0.15) is 0 Å². The molecule has 0 spiro atoms. The molecule has 0 saturated heterocycles. The van der Waals surface area contributed by atoms with Crippen molar-refractivity contribution in [2.45, 2.75) is 47.0 Å². The molecule has 0 aliphatic heterocycles. The molecule has 0 heterocycles. The molecular formula is C15H29N. The van der Waals surface area contributed by atoms with Crippen molar-refractivity contribution in [3.63, 3.8) is 0 Å². The van der Waals surface area contributed by atoms with Crippen LogP contribution in [-0.2, 0) is 0 Å². The highest BCUT2D eigenvalue weighted by Crippen LogP contribution is 2.12. The summed E-state index contributed by atoms with van der Waals surface area (Å²) < 4.78 is 0. The van der Waals surface area contributed by atoms with Gasteiger partial charge < -0.3 is 0 Å². The van der Waals surface area contributed by atoms with Crippen LogP contribution in [0.4, 0.5) is 0 Å². The van der Waals surface area contributed by atoms with E-state index in [1.165, 1.54) is 31.4 Å². The van der Waals surface area contributed by atoms with Gasteiger partial charge in [0.05, 0.1) is 0 Å². The lowest BCUT2D eigenvalue weighted by Gasteiger charge is -2.20. The number of likely N-dealkylation sites (N-methyl/N-ethyl adjacent to an activating group) is 1. The van der Waals surface area contributed by atoms with E-state index in [1.54, 1.807) is 0 Å². The molecule has 0 aromatic rings. The van der Waals surface area contributed by atoms with Crippen LogP contribution >= 0.6 is 0 Å². The first-order valence-electron chi connectivity index (χ1n) is 6.56. The van der Waals surface area contributed by atoms with E-state index in [9.17, 15) is 0 Å². The predicted octanol–water partition coefficient (Wildman–Crippen LogP) is 4.27. The van der Waals surface area contributed by atoms with E-state index in [0.29, 0.717) is 0 Å². The summed E-state index contributed by atoms with van der Waals surface area (Å²) >= 11 is 0. The second kappa shape index (κ2) is 9.65. The molecule has 0 bridgehead atoms. The summed E-state index contributed by atoms with van der Waals surface area (Å²) in [6.07, 6.45) is 8.20. The fraction of sp³-hybridized carbons (Fsp3) is 0.733. The Morgan fingerprint density at radius 1 is 1.31 bits per heavy atom. The van der Waals surface area contributed by atoms with Crippen LogP contribution in [0.3, 0.4) is 0 Å². The average molecular weight is 223 g/mol. The molecule has 1 unspecified atom stereocenters. The van der Waals surface area contributed by atoms with E-state index < -0.39 is 0 Å². The lowest BCUT2D eigenvalue weighted by Crippen LogP contribution is -2.25. The van der Waals surface area contributed by atoms with Gasteiger partial charge in [-0.3, -0.25) is 4.90 Å². The maximum Gasteiger partial charge on any atom is 0.0160 e. The van der Waals surface area contributed by atoms with E-state index in [2.05, 4.69) is 45.2 Å². The molecule has 1 nitrogen and oxygen atoms in total. The summed E-state index contributed by atoms with van der Waals surface area (Å²) in [6.45, 7) is 16.1. The third kappa shape index (κ3) is 8.72. The Bertz CT molecular complexity index is 201. The van der Waals surface area contributed by atoms with Crippen molar-refractivity contribution in [3.8, 4) is 0 Å². The Balaban J connectivity index is 3.66. The van der Waals surface area contributed by atoms with Gasteiger partial charge in [-0.1, -0.05) is 31.6 Å². The minimum Gasteiger partial charge on any atom is -0.300 e. The highest BCUT2D eigenvalue weighted by molar-refractivity contribution is 4.92. The Kier molecular flexibility index (Phi) is 9.31. The van der Waals surface area contributed by atoms with E-state index >= 15 is 0 Å². The van der Waals surface area contributed by atoms with Gasteiger partial charge in [0.15, 0.2) is 0 Å². The fourth-order valence-corrected chi connectivity index (χ4v) is 1.76. The fourth-order valence-electron chi connectivity index (χ4n) is 1.76. The number of hydrogen-bond donors (Lipinski definition) is 0. The maximum atomic E-state index is 3.80. The van der Waals surface area contributed by atoms with E-state index in [-0.39, 0.29) is 0 Å². The van der Waals surface area contributed by atoms with Gasteiger partial charge in [-0.05, 0) is 52.1 Å². The van der Waals surface area contributed by atoms with Crippen LogP contribution < -0.4 is 0 Å². The number of allylic oxidation sites excluding steroid dienone is 2. The Morgan fingerprint density at radius 2 is 2.00 bits per heavy atom. The summed E-state index contributed by atoms with van der Waals surface area (Å²) in [5, 5.41) is 0. The van der Waals surface area contributed by atoms with Gasteiger partial charge >= 0.3 is 0 Å². The van der Waals surface area contributed by atoms with Crippen molar-refractivity contribution in [3.05, 3.63) is 24.3 Å². The van der Waals surface area contributed by atoms with Gasteiger partial charge in [-0.15, -0.1) is 6.58 Å². The first kappa shape index (κ1) is 15.4. The molecule has 1 heteroatoms. The molecule has 94 valence electrons. The van der Waals surface area contributed by atoms with Gasteiger partial charge in [0.2, 0.25) is 0 Å².